The van der Waals surface area contributed by atoms with Crippen LogP contribution in [0.25, 0.3) is 11.0 Å². The van der Waals surface area contributed by atoms with Crippen LogP contribution in [-0.4, -0.2) is 33.4 Å². The number of amides is 1. The van der Waals surface area contributed by atoms with Crippen molar-refractivity contribution in [2.24, 2.45) is 0 Å². The molecule has 2 aromatic rings. The van der Waals surface area contributed by atoms with Crippen LogP contribution in [0.15, 0.2) is 24.5 Å². The van der Waals surface area contributed by atoms with Gasteiger partial charge in [0.2, 0.25) is 5.91 Å². The van der Waals surface area contributed by atoms with Crippen molar-refractivity contribution in [3.8, 4) is 0 Å². The largest absolute Gasteiger partial charge is 0.342 e. The van der Waals surface area contributed by atoms with E-state index in [1.54, 1.807) is 0 Å². The average molecular weight is 301 g/mol. The van der Waals surface area contributed by atoms with Crippen molar-refractivity contribution < 1.29 is 4.79 Å². The molecule has 0 aliphatic carbocycles. The van der Waals surface area contributed by atoms with E-state index in [0.717, 1.165) is 42.5 Å². The van der Waals surface area contributed by atoms with Crippen molar-refractivity contribution >= 4 is 16.9 Å². The molecule has 0 atom stereocenters. The van der Waals surface area contributed by atoms with E-state index < -0.39 is 0 Å². The van der Waals surface area contributed by atoms with Crippen molar-refractivity contribution in [1.82, 2.24) is 14.5 Å². The van der Waals surface area contributed by atoms with Gasteiger partial charge in [0.05, 0.1) is 23.8 Å². The zero-order chi connectivity index (χ0) is 16.1. The molecule has 4 nitrogen and oxygen atoms in total. The minimum atomic E-state index is 0.214. The number of benzene rings is 1. The number of carbonyl (C=O) groups excluding carboxylic acids is 1. The van der Waals surface area contributed by atoms with Crippen LogP contribution in [0.5, 0.6) is 0 Å². The molecule has 0 aliphatic rings. The first-order chi connectivity index (χ1) is 10.6. The highest BCUT2D eigenvalue weighted by Gasteiger charge is 2.13. The van der Waals surface area contributed by atoms with Gasteiger partial charge in [0.15, 0.2) is 0 Å². The van der Waals surface area contributed by atoms with Crippen LogP contribution in [0.3, 0.4) is 0 Å². The van der Waals surface area contributed by atoms with Crippen molar-refractivity contribution in [2.45, 2.75) is 53.0 Å². The standard InChI is InChI=1S/C18H27N3O/c1-5-9-20(10-6-2)18(22)12-15-7-8-17-16(11-15)19-13-21(17)14(3)4/h7-8,11,13-14H,5-6,9-10,12H2,1-4H3. The van der Waals surface area contributed by atoms with E-state index in [9.17, 15) is 4.79 Å². The summed E-state index contributed by atoms with van der Waals surface area (Å²) in [5.41, 5.74) is 3.14. The summed E-state index contributed by atoms with van der Waals surface area (Å²) in [5, 5.41) is 0. The van der Waals surface area contributed by atoms with Gasteiger partial charge in [-0.25, -0.2) is 4.98 Å². The normalized spacial score (nSPS) is 11.3. The van der Waals surface area contributed by atoms with Crippen molar-refractivity contribution in [2.75, 3.05) is 13.1 Å². The second kappa shape index (κ2) is 7.43. The Balaban J connectivity index is 2.16. The summed E-state index contributed by atoms with van der Waals surface area (Å²) < 4.78 is 2.15. The van der Waals surface area contributed by atoms with Crippen LogP contribution in [0.1, 0.15) is 52.1 Å². The van der Waals surface area contributed by atoms with Crippen molar-refractivity contribution in [1.29, 1.82) is 0 Å². The molecule has 0 saturated heterocycles. The van der Waals surface area contributed by atoms with Crippen molar-refractivity contribution in [3.63, 3.8) is 0 Å². The van der Waals surface area contributed by atoms with E-state index in [1.807, 2.05) is 17.3 Å². The molecular formula is C18H27N3O. The van der Waals surface area contributed by atoms with Gasteiger partial charge in [-0.2, -0.15) is 0 Å². The lowest BCUT2D eigenvalue weighted by Crippen LogP contribution is -2.33. The second-order valence-electron chi connectivity index (χ2n) is 6.13. The SMILES string of the molecule is CCCN(CCC)C(=O)Cc1ccc2c(c1)ncn2C(C)C. The highest BCUT2D eigenvalue weighted by molar-refractivity contribution is 5.82. The van der Waals surface area contributed by atoms with Gasteiger partial charge in [-0.1, -0.05) is 19.9 Å². The maximum Gasteiger partial charge on any atom is 0.226 e. The molecule has 1 amide bonds. The summed E-state index contributed by atoms with van der Waals surface area (Å²) in [5.74, 6) is 0.214. The lowest BCUT2D eigenvalue weighted by atomic mass is 10.1. The molecule has 0 unspecified atom stereocenters. The molecule has 2 rings (SSSR count). The Hall–Kier alpha value is -1.84. The van der Waals surface area contributed by atoms with Gasteiger partial charge in [-0.3, -0.25) is 4.79 Å². The fourth-order valence-electron chi connectivity index (χ4n) is 2.79. The monoisotopic (exact) mass is 301 g/mol. The van der Waals surface area contributed by atoms with E-state index >= 15 is 0 Å². The molecule has 0 spiro atoms. The molecule has 0 N–H and O–H groups in total. The van der Waals surface area contributed by atoms with Gasteiger partial charge in [-0.15, -0.1) is 0 Å². The first-order valence-electron chi connectivity index (χ1n) is 8.30. The van der Waals surface area contributed by atoms with Crippen LogP contribution in [0, 0.1) is 0 Å². The summed E-state index contributed by atoms with van der Waals surface area (Å²) in [7, 11) is 0. The lowest BCUT2D eigenvalue weighted by molar-refractivity contribution is -0.130. The molecule has 22 heavy (non-hydrogen) atoms. The average Bonchev–Trinajstić information content (AvgIpc) is 2.90. The Labute approximate surface area is 133 Å². The summed E-state index contributed by atoms with van der Waals surface area (Å²) in [6, 6.07) is 6.57. The third-order valence-corrected chi connectivity index (χ3v) is 3.89. The second-order valence-corrected chi connectivity index (χ2v) is 6.13. The minimum absolute atomic E-state index is 0.214. The smallest absolute Gasteiger partial charge is 0.226 e. The third-order valence-electron chi connectivity index (χ3n) is 3.89. The molecule has 0 aliphatic heterocycles. The highest BCUT2D eigenvalue weighted by atomic mass is 16.2. The van der Waals surface area contributed by atoms with Crippen LogP contribution in [0.4, 0.5) is 0 Å². The topological polar surface area (TPSA) is 38.1 Å². The van der Waals surface area contributed by atoms with E-state index in [1.165, 1.54) is 0 Å². The van der Waals surface area contributed by atoms with E-state index in [-0.39, 0.29) is 5.91 Å². The molecule has 0 saturated carbocycles. The van der Waals surface area contributed by atoms with Gasteiger partial charge in [0.1, 0.15) is 0 Å². The maximum atomic E-state index is 12.4. The predicted octanol–water partition coefficient (Wildman–Crippen LogP) is 3.81. The number of carbonyl (C=O) groups is 1. The van der Waals surface area contributed by atoms with Gasteiger partial charge in [-0.05, 0) is 44.4 Å². The Bertz CT molecular complexity index is 624. The molecule has 120 valence electrons. The third kappa shape index (κ3) is 3.67. The number of fused-ring (bicyclic) bond motifs is 1. The Morgan fingerprint density at radius 2 is 1.91 bits per heavy atom. The first-order valence-corrected chi connectivity index (χ1v) is 8.30. The maximum absolute atomic E-state index is 12.4. The molecular weight excluding hydrogens is 274 g/mol. The summed E-state index contributed by atoms with van der Waals surface area (Å²) in [6.07, 6.45) is 4.35. The van der Waals surface area contributed by atoms with E-state index in [4.69, 9.17) is 0 Å². The van der Waals surface area contributed by atoms with Gasteiger partial charge in [0, 0.05) is 19.1 Å². The van der Waals surface area contributed by atoms with Gasteiger partial charge >= 0.3 is 0 Å². The molecule has 0 radical (unpaired) electrons. The van der Waals surface area contributed by atoms with Crippen LogP contribution < -0.4 is 0 Å². The zero-order valence-corrected chi connectivity index (χ0v) is 14.2. The number of aromatic nitrogens is 2. The minimum Gasteiger partial charge on any atom is -0.342 e. The lowest BCUT2D eigenvalue weighted by Gasteiger charge is -2.21. The fourth-order valence-corrected chi connectivity index (χ4v) is 2.79. The molecule has 1 aromatic heterocycles. The van der Waals surface area contributed by atoms with Gasteiger partial charge < -0.3 is 9.47 Å². The fraction of sp³-hybridized carbons (Fsp3) is 0.556. The Morgan fingerprint density at radius 3 is 2.50 bits per heavy atom. The number of imidazole rings is 1. The molecule has 1 aromatic carbocycles. The molecule has 1 heterocycles. The Kier molecular flexibility index (Phi) is 5.58. The zero-order valence-electron chi connectivity index (χ0n) is 14.2. The van der Waals surface area contributed by atoms with E-state index in [0.29, 0.717) is 12.5 Å². The quantitative estimate of drug-likeness (QED) is 0.780. The van der Waals surface area contributed by atoms with Crippen LogP contribution in [-0.2, 0) is 11.2 Å². The number of nitrogens with zero attached hydrogens (tertiary/aromatic N) is 3. The molecule has 4 heteroatoms. The number of hydrogen-bond donors (Lipinski definition) is 0. The highest BCUT2D eigenvalue weighted by Crippen LogP contribution is 2.19. The van der Waals surface area contributed by atoms with Crippen molar-refractivity contribution in [3.05, 3.63) is 30.1 Å². The van der Waals surface area contributed by atoms with Crippen LogP contribution in [0.2, 0.25) is 0 Å². The van der Waals surface area contributed by atoms with Gasteiger partial charge in [0.25, 0.3) is 0 Å². The summed E-state index contributed by atoms with van der Waals surface area (Å²) >= 11 is 0. The summed E-state index contributed by atoms with van der Waals surface area (Å²) in [6.45, 7) is 10.2. The van der Waals surface area contributed by atoms with Crippen LogP contribution >= 0.6 is 0 Å². The molecule has 0 fully saturated rings. The predicted molar refractivity (Wildman–Crippen MR) is 91.0 cm³/mol. The summed E-state index contributed by atoms with van der Waals surface area (Å²) in [4.78, 5) is 18.9. The first kappa shape index (κ1) is 16.5. The van der Waals surface area contributed by atoms with E-state index in [2.05, 4.69) is 49.4 Å². The number of rotatable bonds is 7. The number of hydrogen-bond acceptors (Lipinski definition) is 2. The Morgan fingerprint density at radius 1 is 1.23 bits per heavy atom. The molecule has 0 bridgehead atoms.